The number of nitrogens with two attached hydrogens (primary N) is 1. The number of nitrogens with one attached hydrogen (secondary N) is 2. The zero-order valence-electron chi connectivity index (χ0n) is 10.1. The highest BCUT2D eigenvalue weighted by atomic mass is 16.4. The summed E-state index contributed by atoms with van der Waals surface area (Å²) < 4.78 is 5.06. The summed E-state index contributed by atoms with van der Waals surface area (Å²) in [5.41, 5.74) is 7.94. The topological polar surface area (TPSA) is 110 Å². The van der Waals surface area contributed by atoms with Crippen molar-refractivity contribution in [3.63, 3.8) is 0 Å². The summed E-state index contributed by atoms with van der Waals surface area (Å²) in [5, 5.41) is 9.94. The number of aromatic nitrogens is 3. The second-order valence-electron chi connectivity index (χ2n) is 4.13. The smallest absolute Gasteiger partial charge is 0.301 e. The van der Waals surface area contributed by atoms with Crippen LogP contribution >= 0.6 is 0 Å². The van der Waals surface area contributed by atoms with Crippen LogP contribution in [0.25, 0.3) is 10.9 Å². The van der Waals surface area contributed by atoms with Crippen molar-refractivity contribution in [1.82, 2.24) is 15.2 Å². The van der Waals surface area contributed by atoms with Crippen molar-refractivity contribution >= 4 is 28.5 Å². The maximum Gasteiger partial charge on any atom is 0.301 e. The third-order valence-electron chi connectivity index (χ3n) is 2.64. The van der Waals surface area contributed by atoms with Gasteiger partial charge < -0.3 is 10.2 Å². The molecule has 0 aliphatic heterocycles. The lowest BCUT2D eigenvalue weighted by Gasteiger charge is -1.98. The molecule has 0 spiro atoms. The molecule has 4 N–H and O–H groups in total. The second-order valence-corrected chi connectivity index (χ2v) is 4.13. The van der Waals surface area contributed by atoms with Gasteiger partial charge in [0.1, 0.15) is 6.26 Å². The molecule has 3 rings (SSSR count). The maximum atomic E-state index is 12.1. The van der Waals surface area contributed by atoms with Gasteiger partial charge >= 0.3 is 6.01 Å². The van der Waals surface area contributed by atoms with Crippen LogP contribution in [0.15, 0.2) is 28.9 Å². The highest BCUT2D eigenvalue weighted by Gasteiger charge is 2.16. The first-order valence-electron chi connectivity index (χ1n) is 5.60. The SMILES string of the molecule is Cc1coc(NC(=O)c2n[nH]c3ccc(N)cc23)n1. The minimum absolute atomic E-state index is 0.141. The molecule has 96 valence electrons. The van der Waals surface area contributed by atoms with Crippen molar-refractivity contribution in [2.45, 2.75) is 6.92 Å². The van der Waals surface area contributed by atoms with E-state index in [1.165, 1.54) is 6.26 Å². The molecule has 0 aliphatic rings. The van der Waals surface area contributed by atoms with Crippen LogP contribution in [0.1, 0.15) is 16.2 Å². The lowest BCUT2D eigenvalue weighted by molar-refractivity contribution is 0.102. The molecule has 0 aliphatic carbocycles. The van der Waals surface area contributed by atoms with E-state index in [2.05, 4.69) is 20.5 Å². The zero-order chi connectivity index (χ0) is 13.4. The number of carbonyl (C=O) groups excluding carboxylic acids is 1. The van der Waals surface area contributed by atoms with Crippen LogP contribution in [0.3, 0.4) is 0 Å². The van der Waals surface area contributed by atoms with Gasteiger partial charge in [-0.2, -0.15) is 10.1 Å². The average molecular weight is 257 g/mol. The van der Waals surface area contributed by atoms with Gasteiger partial charge in [0.15, 0.2) is 5.69 Å². The maximum absolute atomic E-state index is 12.1. The highest BCUT2D eigenvalue weighted by Crippen LogP contribution is 2.19. The molecule has 3 aromatic rings. The van der Waals surface area contributed by atoms with Crippen LogP contribution in [0.4, 0.5) is 11.7 Å². The Morgan fingerprint density at radius 1 is 1.47 bits per heavy atom. The Morgan fingerprint density at radius 2 is 2.32 bits per heavy atom. The van der Waals surface area contributed by atoms with E-state index < -0.39 is 5.91 Å². The number of fused-ring (bicyclic) bond motifs is 1. The summed E-state index contributed by atoms with van der Waals surface area (Å²) in [4.78, 5) is 16.1. The lowest BCUT2D eigenvalue weighted by Crippen LogP contribution is -2.13. The monoisotopic (exact) mass is 257 g/mol. The summed E-state index contributed by atoms with van der Waals surface area (Å²) in [6, 6.07) is 5.33. The number of nitrogens with zero attached hydrogens (tertiary/aromatic N) is 2. The van der Waals surface area contributed by atoms with Gasteiger partial charge in [0.2, 0.25) is 0 Å². The van der Waals surface area contributed by atoms with Crippen molar-refractivity contribution in [3.8, 4) is 0 Å². The first-order chi connectivity index (χ1) is 9.13. The number of amides is 1. The normalized spacial score (nSPS) is 10.8. The highest BCUT2D eigenvalue weighted by molar-refractivity contribution is 6.10. The number of hydrogen-bond acceptors (Lipinski definition) is 5. The Balaban J connectivity index is 1.95. The van der Waals surface area contributed by atoms with Crippen molar-refractivity contribution < 1.29 is 9.21 Å². The van der Waals surface area contributed by atoms with Gasteiger partial charge in [0.25, 0.3) is 5.91 Å². The summed E-state index contributed by atoms with van der Waals surface area (Å²) >= 11 is 0. The Labute approximate surface area is 107 Å². The summed E-state index contributed by atoms with van der Waals surface area (Å²) in [5.74, 6) is -0.404. The molecule has 0 atom stereocenters. The number of aryl methyl sites for hydroxylation is 1. The van der Waals surface area contributed by atoms with E-state index in [4.69, 9.17) is 10.2 Å². The minimum Gasteiger partial charge on any atom is -0.432 e. The largest absolute Gasteiger partial charge is 0.432 e. The molecule has 7 nitrogen and oxygen atoms in total. The predicted octanol–water partition coefficient (Wildman–Crippen LogP) is 1.69. The Hall–Kier alpha value is -2.83. The Morgan fingerprint density at radius 3 is 3.05 bits per heavy atom. The molecular weight excluding hydrogens is 246 g/mol. The van der Waals surface area contributed by atoms with Crippen LogP contribution < -0.4 is 11.1 Å². The molecule has 1 aromatic carbocycles. The summed E-state index contributed by atoms with van der Waals surface area (Å²) in [7, 11) is 0. The fourth-order valence-corrected chi connectivity index (χ4v) is 1.77. The van der Waals surface area contributed by atoms with Crippen LogP contribution in [-0.4, -0.2) is 21.1 Å². The quantitative estimate of drug-likeness (QED) is 0.605. The van der Waals surface area contributed by atoms with Crippen LogP contribution in [-0.2, 0) is 0 Å². The number of carbonyl (C=O) groups is 1. The number of aromatic amines is 1. The average Bonchev–Trinajstić information content (AvgIpc) is 2.95. The molecule has 0 bridgehead atoms. The van der Waals surface area contributed by atoms with Crippen LogP contribution in [0.5, 0.6) is 0 Å². The van der Waals surface area contributed by atoms with Crippen molar-refractivity contribution in [3.05, 3.63) is 35.9 Å². The van der Waals surface area contributed by atoms with Crippen molar-refractivity contribution in [2.75, 3.05) is 11.1 Å². The standard InChI is InChI=1S/C12H11N5O2/c1-6-5-19-12(14-6)15-11(18)10-8-4-7(13)2-3-9(8)16-17-10/h2-5H,13H2,1H3,(H,16,17)(H,14,15,18). The van der Waals surface area contributed by atoms with E-state index in [-0.39, 0.29) is 11.7 Å². The number of hydrogen-bond donors (Lipinski definition) is 3. The molecule has 1 amide bonds. The number of anilines is 2. The molecule has 2 aromatic heterocycles. The van der Waals surface area contributed by atoms with Crippen molar-refractivity contribution in [2.24, 2.45) is 0 Å². The van der Waals surface area contributed by atoms with Gasteiger partial charge in [-0.3, -0.25) is 15.2 Å². The molecule has 0 fully saturated rings. The van der Waals surface area contributed by atoms with E-state index >= 15 is 0 Å². The number of benzene rings is 1. The molecule has 19 heavy (non-hydrogen) atoms. The van der Waals surface area contributed by atoms with Gasteiger partial charge in [0.05, 0.1) is 11.2 Å². The fourth-order valence-electron chi connectivity index (χ4n) is 1.77. The van der Waals surface area contributed by atoms with Gasteiger partial charge in [-0.1, -0.05) is 0 Å². The Kier molecular flexibility index (Phi) is 2.45. The number of nitrogen functional groups attached to an aromatic ring is 1. The van der Waals surface area contributed by atoms with Gasteiger partial charge in [-0.25, -0.2) is 0 Å². The van der Waals surface area contributed by atoms with E-state index in [1.54, 1.807) is 25.1 Å². The third kappa shape index (κ3) is 2.01. The molecule has 0 saturated heterocycles. The Bertz CT molecular complexity index is 758. The van der Waals surface area contributed by atoms with Gasteiger partial charge in [-0.15, -0.1) is 0 Å². The molecule has 0 radical (unpaired) electrons. The van der Waals surface area contributed by atoms with E-state index in [0.29, 0.717) is 16.8 Å². The van der Waals surface area contributed by atoms with E-state index in [9.17, 15) is 4.79 Å². The first-order valence-corrected chi connectivity index (χ1v) is 5.60. The first kappa shape index (κ1) is 11.3. The van der Waals surface area contributed by atoms with E-state index in [0.717, 1.165) is 5.52 Å². The molecule has 7 heteroatoms. The molecule has 0 unspecified atom stereocenters. The molecule has 2 heterocycles. The van der Waals surface area contributed by atoms with Crippen LogP contribution in [0, 0.1) is 6.92 Å². The van der Waals surface area contributed by atoms with Crippen molar-refractivity contribution in [1.29, 1.82) is 0 Å². The lowest BCUT2D eigenvalue weighted by atomic mass is 10.2. The zero-order valence-corrected chi connectivity index (χ0v) is 10.1. The predicted molar refractivity (Wildman–Crippen MR) is 69.7 cm³/mol. The van der Waals surface area contributed by atoms with Crippen LogP contribution in [0.2, 0.25) is 0 Å². The second kappa shape index (κ2) is 4.13. The number of rotatable bonds is 2. The van der Waals surface area contributed by atoms with Gasteiger partial charge in [-0.05, 0) is 25.1 Å². The fraction of sp³-hybridized carbons (Fsp3) is 0.0833. The van der Waals surface area contributed by atoms with Gasteiger partial charge in [0, 0.05) is 11.1 Å². The number of H-pyrrole nitrogens is 1. The summed E-state index contributed by atoms with van der Waals surface area (Å²) in [6.07, 6.45) is 1.45. The summed E-state index contributed by atoms with van der Waals surface area (Å²) in [6.45, 7) is 1.77. The third-order valence-corrected chi connectivity index (χ3v) is 2.64. The van der Waals surface area contributed by atoms with E-state index in [1.807, 2.05) is 0 Å². The number of oxazole rings is 1. The molecular formula is C12H11N5O2. The minimum atomic E-state index is -0.404. The molecule has 0 saturated carbocycles.